The second-order valence-electron chi connectivity index (χ2n) is 5.97. The Balaban J connectivity index is 1.95. The van der Waals surface area contributed by atoms with Crippen LogP contribution in [-0.2, 0) is 11.2 Å². The number of hydrogen-bond donors (Lipinski definition) is 2. The maximum atomic E-state index is 12.4. The third-order valence-corrected chi connectivity index (χ3v) is 4.36. The molecule has 0 bridgehead atoms. The van der Waals surface area contributed by atoms with Crippen LogP contribution in [0.15, 0.2) is 24.3 Å². The summed E-state index contributed by atoms with van der Waals surface area (Å²) in [6.45, 7) is -2.51. The van der Waals surface area contributed by atoms with Crippen LogP contribution in [0.4, 0.5) is 8.78 Å². The highest BCUT2D eigenvalue weighted by Crippen LogP contribution is 2.26. The van der Waals surface area contributed by atoms with Gasteiger partial charge in [-0.2, -0.15) is 8.78 Å². The van der Waals surface area contributed by atoms with Gasteiger partial charge in [0, 0.05) is 18.2 Å². The minimum absolute atomic E-state index is 0.00606. The summed E-state index contributed by atoms with van der Waals surface area (Å²) in [7, 11) is 0. The van der Waals surface area contributed by atoms with Crippen LogP contribution in [0.3, 0.4) is 0 Å². The first-order valence-electron chi connectivity index (χ1n) is 8.12. The number of amides is 1. The van der Waals surface area contributed by atoms with Crippen molar-refractivity contribution < 1.29 is 18.3 Å². The Kier molecular flexibility index (Phi) is 6.77. The van der Waals surface area contributed by atoms with E-state index in [4.69, 9.17) is 5.73 Å². The molecule has 0 radical (unpaired) electrons. The van der Waals surface area contributed by atoms with Crippen LogP contribution in [0.25, 0.3) is 0 Å². The molecule has 1 aliphatic carbocycles. The minimum Gasteiger partial charge on any atom is -0.435 e. The fraction of sp³-hybridized carbons (Fsp3) is 0.588. The molecular formula is C17H24F2N2O2. The molecule has 1 saturated carbocycles. The van der Waals surface area contributed by atoms with Gasteiger partial charge in [0.05, 0.1) is 6.42 Å². The highest BCUT2D eigenvalue weighted by Gasteiger charge is 2.24. The maximum absolute atomic E-state index is 12.4. The number of carbonyl (C=O) groups is 1. The molecule has 1 unspecified atom stereocenters. The van der Waals surface area contributed by atoms with Crippen LogP contribution >= 0.6 is 0 Å². The van der Waals surface area contributed by atoms with Crippen molar-refractivity contribution in [2.45, 2.75) is 51.2 Å². The Morgan fingerprint density at radius 2 is 1.96 bits per heavy atom. The summed E-state index contributed by atoms with van der Waals surface area (Å²) in [5, 5.41) is 2.96. The van der Waals surface area contributed by atoms with Gasteiger partial charge in [0.25, 0.3) is 0 Å². The predicted molar refractivity (Wildman–Crippen MR) is 84.3 cm³/mol. The fourth-order valence-corrected chi connectivity index (χ4v) is 3.20. The molecule has 0 saturated heterocycles. The Hall–Kier alpha value is -1.69. The number of para-hydroxylation sites is 1. The van der Waals surface area contributed by atoms with Gasteiger partial charge in [0.15, 0.2) is 0 Å². The van der Waals surface area contributed by atoms with E-state index in [9.17, 15) is 13.6 Å². The lowest BCUT2D eigenvalue weighted by atomic mass is 9.84. The van der Waals surface area contributed by atoms with Crippen molar-refractivity contribution >= 4 is 5.91 Å². The van der Waals surface area contributed by atoms with Gasteiger partial charge in [-0.1, -0.05) is 37.5 Å². The standard InChI is InChI=1S/C17H24F2N2O2/c18-17(19)23-15-9-5-4-8-13(15)10-16(22)21-14(11-20)12-6-2-1-3-7-12/h4-5,8-9,12,14,17H,1-3,6-7,10-11,20H2,(H,21,22). The molecule has 2 rings (SSSR count). The molecule has 3 N–H and O–H groups in total. The van der Waals surface area contributed by atoms with Gasteiger partial charge in [-0.15, -0.1) is 0 Å². The molecule has 1 atom stereocenters. The van der Waals surface area contributed by atoms with Crippen molar-refractivity contribution in [2.24, 2.45) is 11.7 Å². The van der Waals surface area contributed by atoms with Crippen LogP contribution in [0.2, 0.25) is 0 Å². The lowest BCUT2D eigenvalue weighted by molar-refractivity contribution is -0.121. The topological polar surface area (TPSA) is 64.3 Å². The first kappa shape index (κ1) is 17.7. The molecule has 1 aliphatic rings. The number of benzene rings is 1. The number of nitrogens with one attached hydrogen (secondary N) is 1. The Labute approximate surface area is 135 Å². The second kappa shape index (κ2) is 8.82. The molecule has 1 fully saturated rings. The third-order valence-electron chi connectivity index (χ3n) is 4.36. The molecule has 128 valence electrons. The molecule has 1 amide bonds. The van der Waals surface area contributed by atoms with Gasteiger partial charge in [0.2, 0.25) is 5.91 Å². The quantitative estimate of drug-likeness (QED) is 0.810. The lowest BCUT2D eigenvalue weighted by Gasteiger charge is -2.30. The Morgan fingerprint density at radius 3 is 2.61 bits per heavy atom. The number of halogens is 2. The van der Waals surface area contributed by atoms with Gasteiger partial charge >= 0.3 is 6.61 Å². The molecule has 1 aromatic carbocycles. The fourth-order valence-electron chi connectivity index (χ4n) is 3.20. The van der Waals surface area contributed by atoms with E-state index < -0.39 is 6.61 Å². The summed E-state index contributed by atoms with van der Waals surface area (Å²) >= 11 is 0. The van der Waals surface area contributed by atoms with E-state index in [1.54, 1.807) is 18.2 Å². The van der Waals surface area contributed by atoms with Gasteiger partial charge in [-0.3, -0.25) is 4.79 Å². The molecule has 0 aliphatic heterocycles. The highest BCUT2D eigenvalue weighted by atomic mass is 19.3. The predicted octanol–water partition coefficient (Wildman–Crippen LogP) is 2.85. The van der Waals surface area contributed by atoms with Crippen molar-refractivity contribution in [1.82, 2.24) is 5.32 Å². The summed E-state index contributed by atoms with van der Waals surface area (Å²) in [6, 6.07) is 6.31. The number of hydrogen-bond acceptors (Lipinski definition) is 3. The molecule has 0 spiro atoms. The number of carbonyl (C=O) groups excluding carboxylic acids is 1. The van der Waals surface area contributed by atoms with Crippen LogP contribution < -0.4 is 15.8 Å². The Bertz CT molecular complexity index is 505. The van der Waals surface area contributed by atoms with E-state index in [0.717, 1.165) is 12.8 Å². The van der Waals surface area contributed by atoms with Crippen LogP contribution in [-0.4, -0.2) is 25.1 Å². The van der Waals surface area contributed by atoms with E-state index in [1.165, 1.54) is 25.3 Å². The average molecular weight is 326 g/mol. The van der Waals surface area contributed by atoms with Crippen LogP contribution in [0.5, 0.6) is 5.75 Å². The third kappa shape index (κ3) is 5.46. The monoisotopic (exact) mass is 326 g/mol. The van der Waals surface area contributed by atoms with Crippen molar-refractivity contribution in [3.8, 4) is 5.75 Å². The van der Waals surface area contributed by atoms with E-state index in [1.807, 2.05) is 0 Å². The van der Waals surface area contributed by atoms with Gasteiger partial charge in [-0.25, -0.2) is 0 Å². The highest BCUT2D eigenvalue weighted by molar-refractivity contribution is 5.79. The summed E-state index contributed by atoms with van der Waals surface area (Å²) < 4.78 is 29.3. The van der Waals surface area contributed by atoms with E-state index in [2.05, 4.69) is 10.1 Å². The van der Waals surface area contributed by atoms with Crippen molar-refractivity contribution in [3.63, 3.8) is 0 Å². The summed E-state index contributed by atoms with van der Waals surface area (Å²) in [5.74, 6) is 0.237. The first-order chi connectivity index (χ1) is 11.1. The molecule has 23 heavy (non-hydrogen) atoms. The van der Waals surface area contributed by atoms with Gasteiger partial charge in [0.1, 0.15) is 5.75 Å². The normalized spacial score (nSPS) is 17.0. The zero-order valence-electron chi connectivity index (χ0n) is 13.1. The Morgan fingerprint density at radius 1 is 1.26 bits per heavy atom. The van der Waals surface area contributed by atoms with E-state index >= 15 is 0 Å². The maximum Gasteiger partial charge on any atom is 0.387 e. The van der Waals surface area contributed by atoms with Crippen molar-refractivity contribution in [1.29, 1.82) is 0 Å². The SMILES string of the molecule is NCC(NC(=O)Cc1ccccc1OC(F)F)C1CCCCC1. The number of ether oxygens (including phenoxy) is 1. The van der Waals surface area contributed by atoms with E-state index in [0.29, 0.717) is 18.0 Å². The molecular weight excluding hydrogens is 302 g/mol. The molecule has 4 nitrogen and oxygen atoms in total. The molecule has 0 aromatic heterocycles. The van der Waals surface area contributed by atoms with Gasteiger partial charge < -0.3 is 15.8 Å². The summed E-state index contributed by atoms with van der Waals surface area (Å²) in [6.07, 6.45) is 5.73. The molecule has 0 heterocycles. The molecule has 1 aromatic rings. The average Bonchev–Trinajstić information content (AvgIpc) is 2.55. The first-order valence-corrected chi connectivity index (χ1v) is 8.12. The smallest absolute Gasteiger partial charge is 0.387 e. The van der Waals surface area contributed by atoms with E-state index in [-0.39, 0.29) is 24.1 Å². The number of nitrogens with two attached hydrogens (primary N) is 1. The van der Waals surface area contributed by atoms with Crippen LogP contribution in [0.1, 0.15) is 37.7 Å². The summed E-state index contributed by atoms with van der Waals surface area (Å²) in [4.78, 5) is 12.3. The zero-order chi connectivity index (χ0) is 16.7. The van der Waals surface area contributed by atoms with Crippen LogP contribution in [0, 0.1) is 5.92 Å². The number of alkyl halides is 2. The van der Waals surface area contributed by atoms with Crippen molar-refractivity contribution in [2.75, 3.05) is 6.54 Å². The van der Waals surface area contributed by atoms with Gasteiger partial charge in [-0.05, 0) is 24.8 Å². The zero-order valence-corrected chi connectivity index (χ0v) is 13.1. The lowest BCUT2D eigenvalue weighted by Crippen LogP contribution is -2.46. The second-order valence-corrected chi connectivity index (χ2v) is 5.97. The van der Waals surface area contributed by atoms with Crippen molar-refractivity contribution in [3.05, 3.63) is 29.8 Å². The molecule has 6 heteroatoms. The number of rotatable bonds is 7. The minimum atomic E-state index is -2.90. The summed E-state index contributed by atoms with van der Waals surface area (Å²) in [5.41, 5.74) is 6.25. The largest absolute Gasteiger partial charge is 0.435 e.